The Bertz CT molecular complexity index is 389. The molecule has 17 heavy (non-hydrogen) atoms. The van der Waals surface area contributed by atoms with Crippen LogP contribution in [-0.2, 0) is 9.53 Å². The normalized spacial score (nSPS) is 19.9. The average molecular weight is 236 g/mol. The quantitative estimate of drug-likeness (QED) is 0.659. The maximum absolute atomic E-state index is 11.8. The number of nitrogens with one attached hydrogen (secondary N) is 2. The summed E-state index contributed by atoms with van der Waals surface area (Å²) in [5.41, 5.74) is 0.560. The van der Waals surface area contributed by atoms with Gasteiger partial charge in [-0.05, 0) is 12.1 Å². The fourth-order valence-electron chi connectivity index (χ4n) is 1.69. The lowest BCUT2D eigenvalue weighted by Gasteiger charge is -2.22. The van der Waals surface area contributed by atoms with Crippen LogP contribution in [0.15, 0.2) is 24.3 Å². The number of aromatic hydroxyl groups is 1. The number of para-hydroxylation sites is 2. The van der Waals surface area contributed by atoms with Crippen LogP contribution < -0.4 is 10.6 Å². The van der Waals surface area contributed by atoms with Crippen LogP contribution in [0.25, 0.3) is 0 Å². The zero-order valence-corrected chi connectivity index (χ0v) is 9.48. The van der Waals surface area contributed by atoms with Crippen molar-refractivity contribution in [3.05, 3.63) is 24.3 Å². The van der Waals surface area contributed by atoms with Gasteiger partial charge < -0.3 is 20.5 Å². The van der Waals surface area contributed by atoms with Crippen LogP contribution in [0.4, 0.5) is 5.69 Å². The number of anilines is 1. The number of carbonyl (C=O) groups is 1. The largest absolute Gasteiger partial charge is 0.506 e. The average Bonchev–Trinajstić information content (AvgIpc) is 2.38. The Morgan fingerprint density at radius 1 is 1.53 bits per heavy atom. The molecule has 0 aliphatic carbocycles. The maximum atomic E-state index is 11.8. The van der Waals surface area contributed by atoms with Gasteiger partial charge in [0.05, 0.1) is 18.8 Å². The molecule has 0 spiro atoms. The number of ether oxygens (including phenoxy) is 1. The topological polar surface area (TPSA) is 70.6 Å². The van der Waals surface area contributed by atoms with Crippen LogP contribution in [-0.4, -0.2) is 43.2 Å². The number of hydrogen-bond donors (Lipinski definition) is 3. The summed E-state index contributed by atoms with van der Waals surface area (Å²) in [5, 5.41) is 15.5. The van der Waals surface area contributed by atoms with Gasteiger partial charge in [-0.25, -0.2) is 0 Å². The first-order valence-corrected chi connectivity index (χ1v) is 5.64. The SMILES string of the molecule is O=C(CNc1ccccc1O)C1CNCCO1. The molecule has 92 valence electrons. The summed E-state index contributed by atoms with van der Waals surface area (Å²) in [5.74, 6) is 0.128. The Morgan fingerprint density at radius 3 is 3.06 bits per heavy atom. The molecule has 1 aliphatic heterocycles. The molecular formula is C12H16N2O3. The van der Waals surface area contributed by atoms with E-state index in [0.29, 0.717) is 18.8 Å². The van der Waals surface area contributed by atoms with E-state index in [1.54, 1.807) is 24.3 Å². The van der Waals surface area contributed by atoms with E-state index >= 15 is 0 Å². The van der Waals surface area contributed by atoms with Gasteiger partial charge in [0.15, 0.2) is 5.78 Å². The second-order valence-electron chi connectivity index (χ2n) is 3.90. The highest BCUT2D eigenvalue weighted by molar-refractivity contribution is 5.87. The van der Waals surface area contributed by atoms with Crippen molar-refractivity contribution < 1.29 is 14.6 Å². The molecule has 0 aromatic heterocycles. The minimum atomic E-state index is -0.387. The molecule has 0 amide bonds. The number of rotatable bonds is 4. The summed E-state index contributed by atoms with van der Waals surface area (Å²) in [4.78, 5) is 11.8. The second kappa shape index (κ2) is 5.65. The number of ketones is 1. The summed E-state index contributed by atoms with van der Waals surface area (Å²) in [6, 6.07) is 6.83. The van der Waals surface area contributed by atoms with E-state index in [1.165, 1.54) is 0 Å². The summed E-state index contributed by atoms with van der Waals surface area (Å²) in [7, 11) is 0. The van der Waals surface area contributed by atoms with Crippen LogP contribution in [0, 0.1) is 0 Å². The number of carbonyl (C=O) groups excluding carboxylic acids is 1. The Balaban J connectivity index is 1.85. The number of morpholine rings is 1. The molecule has 1 aliphatic rings. The fourth-order valence-corrected chi connectivity index (χ4v) is 1.69. The molecule has 1 saturated heterocycles. The Hall–Kier alpha value is -1.59. The van der Waals surface area contributed by atoms with Gasteiger partial charge in [0.2, 0.25) is 0 Å². The molecular weight excluding hydrogens is 220 g/mol. The highest BCUT2D eigenvalue weighted by atomic mass is 16.5. The molecule has 3 N–H and O–H groups in total. The van der Waals surface area contributed by atoms with Gasteiger partial charge in [-0.15, -0.1) is 0 Å². The van der Waals surface area contributed by atoms with Crippen molar-refractivity contribution in [3.8, 4) is 5.75 Å². The molecule has 1 fully saturated rings. The third kappa shape index (κ3) is 3.18. The van der Waals surface area contributed by atoms with Crippen molar-refractivity contribution in [3.63, 3.8) is 0 Å². The highest BCUT2D eigenvalue weighted by Crippen LogP contribution is 2.21. The lowest BCUT2D eigenvalue weighted by Crippen LogP contribution is -2.44. The molecule has 2 rings (SSSR count). The van der Waals surface area contributed by atoms with E-state index in [9.17, 15) is 9.90 Å². The molecule has 5 heteroatoms. The molecule has 1 heterocycles. The Morgan fingerprint density at radius 2 is 2.35 bits per heavy atom. The van der Waals surface area contributed by atoms with Gasteiger partial charge in [-0.2, -0.15) is 0 Å². The van der Waals surface area contributed by atoms with E-state index in [4.69, 9.17) is 4.74 Å². The first-order chi connectivity index (χ1) is 8.27. The monoisotopic (exact) mass is 236 g/mol. The third-order valence-electron chi connectivity index (χ3n) is 2.64. The Labute approximate surface area is 99.8 Å². The number of benzene rings is 1. The van der Waals surface area contributed by atoms with Crippen molar-refractivity contribution in [2.45, 2.75) is 6.10 Å². The molecule has 0 radical (unpaired) electrons. The minimum Gasteiger partial charge on any atom is -0.506 e. The smallest absolute Gasteiger partial charge is 0.181 e. The molecule has 1 atom stereocenters. The van der Waals surface area contributed by atoms with E-state index in [-0.39, 0.29) is 24.2 Å². The summed E-state index contributed by atoms with van der Waals surface area (Å²) in [6.45, 7) is 2.06. The first-order valence-electron chi connectivity index (χ1n) is 5.64. The van der Waals surface area contributed by atoms with Crippen molar-refractivity contribution >= 4 is 11.5 Å². The Kier molecular flexibility index (Phi) is 3.95. The highest BCUT2D eigenvalue weighted by Gasteiger charge is 2.21. The standard InChI is InChI=1S/C12H16N2O3/c15-10-4-2-1-3-9(10)14-7-11(16)12-8-13-5-6-17-12/h1-4,12-15H,5-8H2. The summed E-state index contributed by atoms with van der Waals surface area (Å²) < 4.78 is 5.34. The molecule has 0 bridgehead atoms. The summed E-state index contributed by atoms with van der Waals surface area (Å²) in [6.07, 6.45) is -0.387. The van der Waals surface area contributed by atoms with Gasteiger partial charge in [0.1, 0.15) is 11.9 Å². The predicted octanol–water partition coefficient (Wildman–Crippen LogP) is 0.362. The van der Waals surface area contributed by atoms with Gasteiger partial charge in [0.25, 0.3) is 0 Å². The van der Waals surface area contributed by atoms with E-state index in [0.717, 1.165) is 6.54 Å². The van der Waals surface area contributed by atoms with E-state index in [2.05, 4.69) is 10.6 Å². The van der Waals surface area contributed by atoms with Gasteiger partial charge in [0, 0.05) is 13.1 Å². The van der Waals surface area contributed by atoms with Gasteiger partial charge in [-0.3, -0.25) is 4.79 Å². The lowest BCUT2D eigenvalue weighted by molar-refractivity contribution is -0.130. The molecule has 5 nitrogen and oxygen atoms in total. The number of Topliss-reactive ketones (excluding diaryl/α,β-unsaturated/α-hetero) is 1. The summed E-state index contributed by atoms with van der Waals surface area (Å²) >= 11 is 0. The number of phenols is 1. The van der Waals surface area contributed by atoms with Gasteiger partial charge >= 0.3 is 0 Å². The molecule has 1 aromatic rings. The minimum absolute atomic E-state index is 0.0135. The molecule has 1 aromatic carbocycles. The lowest BCUT2D eigenvalue weighted by atomic mass is 10.2. The van der Waals surface area contributed by atoms with E-state index < -0.39 is 0 Å². The fraction of sp³-hybridized carbons (Fsp3) is 0.417. The molecule has 0 saturated carbocycles. The van der Waals surface area contributed by atoms with Crippen LogP contribution in [0.5, 0.6) is 5.75 Å². The van der Waals surface area contributed by atoms with Crippen molar-refractivity contribution in [1.29, 1.82) is 0 Å². The third-order valence-corrected chi connectivity index (χ3v) is 2.64. The van der Waals surface area contributed by atoms with Crippen LogP contribution in [0.3, 0.4) is 0 Å². The van der Waals surface area contributed by atoms with Crippen molar-refractivity contribution in [2.24, 2.45) is 0 Å². The molecule has 1 unspecified atom stereocenters. The van der Waals surface area contributed by atoms with Crippen LogP contribution >= 0.6 is 0 Å². The zero-order chi connectivity index (χ0) is 12.1. The predicted molar refractivity (Wildman–Crippen MR) is 64.2 cm³/mol. The van der Waals surface area contributed by atoms with Crippen molar-refractivity contribution in [2.75, 3.05) is 31.6 Å². The van der Waals surface area contributed by atoms with Crippen LogP contribution in [0.2, 0.25) is 0 Å². The maximum Gasteiger partial charge on any atom is 0.181 e. The van der Waals surface area contributed by atoms with Crippen molar-refractivity contribution in [1.82, 2.24) is 5.32 Å². The van der Waals surface area contributed by atoms with E-state index in [1.807, 2.05) is 0 Å². The number of hydrogen-bond acceptors (Lipinski definition) is 5. The van der Waals surface area contributed by atoms with Crippen LogP contribution in [0.1, 0.15) is 0 Å². The number of phenolic OH excluding ortho intramolecular Hbond substituents is 1. The first kappa shape index (κ1) is 11.9. The second-order valence-corrected chi connectivity index (χ2v) is 3.90. The van der Waals surface area contributed by atoms with Gasteiger partial charge in [-0.1, -0.05) is 12.1 Å². The zero-order valence-electron chi connectivity index (χ0n) is 9.48.